The van der Waals surface area contributed by atoms with Crippen LogP contribution in [0.25, 0.3) is 5.57 Å². The number of pyridine rings is 1. The fourth-order valence-corrected chi connectivity index (χ4v) is 2.30. The Morgan fingerprint density at radius 2 is 2.31 bits per heavy atom. The summed E-state index contributed by atoms with van der Waals surface area (Å²) >= 11 is 0. The molecule has 0 saturated carbocycles. The van der Waals surface area contributed by atoms with E-state index < -0.39 is 0 Å². The number of amides is 2. The minimum absolute atomic E-state index is 0.118. The molecule has 0 radical (unpaired) electrons. The zero-order valence-corrected chi connectivity index (χ0v) is 9.13. The summed E-state index contributed by atoms with van der Waals surface area (Å²) in [7, 11) is 1.85. The molecule has 3 heterocycles. The Hall–Kier alpha value is -1.84. The number of hydrogen-bond donors (Lipinski definition) is 0. The first-order valence-corrected chi connectivity index (χ1v) is 5.39. The molecule has 0 aromatic carbocycles. The van der Waals surface area contributed by atoms with Crippen LogP contribution in [-0.2, 0) is 0 Å². The van der Waals surface area contributed by atoms with Crippen LogP contribution in [0.1, 0.15) is 5.69 Å². The maximum Gasteiger partial charge on any atom is 0.320 e. The second kappa shape index (κ2) is 3.33. The second-order valence-electron chi connectivity index (χ2n) is 4.25. The van der Waals surface area contributed by atoms with E-state index in [0.29, 0.717) is 6.54 Å². The molecule has 1 aromatic rings. The summed E-state index contributed by atoms with van der Waals surface area (Å²) in [4.78, 5) is 19.7. The number of likely N-dealkylation sites (N-methyl/N-ethyl adjacent to an activating group) is 1. The van der Waals surface area contributed by atoms with Gasteiger partial charge in [0.25, 0.3) is 0 Å². The summed E-state index contributed by atoms with van der Waals surface area (Å²) in [5, 5.41) is 0. The monoisotopic (exact) mass is 215 g/mol. The van der Waals surface area contributed by atoms with Crippen molar-refractivity contribution in [3.63, 3.8) is 0 Å². The summed E-state index contributed by atoms with van der Waals surface area (Å²) in [5.41, 5.74) is 2.12. The number of rotatable bonds is 1. The Kier molecular flexibility index (Phi) is 1.96. The number of carbonyl (C=O) groups excluding carboxylic acids is 1. The lowest BCUT2D eigenvalue weighted by molar-refractivity contribution is 0.202. The fourth-order valence-electron chi connectivity index (χ4n) is 2.30. The smallest absolute Gasteiger partial charge is 0.319 e. The van der Waals surface area contributed by atoms with Crippen LogP contribution < -0.4 is 0 Å². The van der Waals surface area contributed by atoms with Gasteiger partial charge in [0.2, 0.25) is 0 Å². The lowest BCUT2D eigenvalue weighted by Gasteiger charge is -2.20. The molecule has 1 aromatic heterocycles. The molecule has 4 nitrogen and oxygen atoms in total. The Morgan fingerprint density at radius 3 is 3.00 bits per heavy atom. The van der Waals surface area contributed by atoms with Gasteiger partial charge in [0.05, 0.1) is 11.7 Å². The topological polar surface area (TPSA) is 36.4 Å². The van der Waals surface area contributed by atoms with Gasteiger partial charge < -0.3 is 9.80 Å². The standard InChI is InChI=1S/C12H13N3O/c1-14-10-6-9(7-15(8-10)12(14)16)11-4-2-3-5-13-11/h2-6,10H,7-8H2,1H3. The van der Waals surface area contributed by atoms with E-state index in [2.05, 4.69) is 11.1 Å². The highest BCUT2D eigenvalue weighted by Crippen LogP contribution is 2.27. The van der Waals surface area contributed by atoms with Gasteiger partial charge in [0.1, 0.15) is 0 Å². The molecule has 0 aliphatic carbocycles. The van der Waals surface area contributed by atoms with Gasteiger partial charge in [0, 0.05) is 26.3 Å². The molecule has 4 heteroatoms. The Balaban J connectivity index is 1.96. The van der Waals surface area contributed by atoms with E-state index in [4.69, 9.17) is 0 Å². The Bertz CT molecular complexity index is 455. The predicted octanol–water partition coefficient (Wildman–Crippen LogP) is 1.21. The predicted molar refractivity (Wildman–Crippen MR) is 60.7 cm³/mol. The summed E-state index contributed by atoms with van der Waals surface area (Å²) in [6.07, 6.45) is 3.94. The molecule has 82 valence electrons. The first-order chi connectivity index (χ1) is 7.75. The van der Waals surface area contributed by atoms with Gasteiger partial charge in [-0.3, -0.25) is 4.98 Å². The van der Waals surface area contributed by atoms with Crippen LogP contribution in [0.5, 0.6) is 0 Å². The van der Waals surface area contributed by atoms with Crippen LogP contribution in [-0.4, -0.2) is 47.0 Å². The van der Waals surface area contributed by atoms with Crippen molar-refractivity contribution in [1.29, 1.82) is 0 Å². The Morgan fingerprint density at radius 1 is 1.44 bits per heavy atom. The van der Waals surface area contributed by atoms with Gasteiger partial charge >= 0.3 is 6.03 Å². The summed E-state index contributed by atoms with van der Waals surface area (Å²) < 4.78 is 0. The van der Waals surface area contributed by atoms with Crippen molar-refractivity contribution in [3.8, 4) is 0 Å². The molecule has 1 atom stereocenters. The van der Waals surface area contributed by atoms with E-state index in [1.54, 1.807) is 11.1 Å². The van der Waals surface area contributed by atoms with E-state index >= 15 is 0 Å². The molecule has 2 aliphatic heterocycles. The fraction of sp³-hybridized carbons (Fsp3) is 0.333. The zero-order chi connectivity index (χ0) is 11.1. The minimum atomic E-state index is 0.118. The first-order valence-electron chi connectivity index (χ1n) is 5.39. The number of hydrogen-bond acceptors (Lipinski definition) is 2. The average molecular weight is 215 g/mol. The number of carbonyl (C=O) groups is 1. The maximum atomic E-state index is 11.8. The quantitative estimate of drug-likeness (QED) is 0.706. The van der Waals surface area contributed by atoms with Crippen molar-refractivity contribution in [2.75, 3.05) is 20.1 Å². The molecule has 1 fully saturated rings. The van der Waals surface area contributed by atoms with Crippen molar-refractivity contribution >= 4 is 11.6 Å². The van der Waals surface area contributed by atoms with Crippen molar-refractivity contribution in [2.45, 2.75) is 6.04 Å². The van der Waals surface area contributed by atoms with Crippen molar-refractivity contribution < 1.29 is 4.79 Å². The van der Waals surface area contributed by atoms with E-state index in [-0.39, 0.29) is 12.1 Å². The molecule has 0 spiro atoms. The third-order valence-electron chi connectivity index (χ3n) is 3.23. The zero-order valence-electron chi connectivity index (χ0n) is 9.13. The van der Waals surface area contributed by atoms with Gasteiger partial charge in [-0.2, -0.15) is 0 Å². The third-order valence-corrected chi connectivity index (χ3v) is 3.23. The highest BCUT2D eigenvalue weighted by Gasteiger charge is 2.37. The molecule has 1 saturated heterocycles. The molecule has 2 bridgehead atoms. The summed E-state index contributed by atoms with van der Waals surface area (Å²) in [6, 6.07) is 6.19. The number of fused-ring (bicyclic) bond motifs is 2. The minimum Gasteiger partial charge on any atom is -0.319 e. The van der Waals surface area contributed by atoms with Crippen molar-refractivity contribution in [1.82, 2.24) is 14.8 Å². The Labute approximate surface area is 94.2 Å². The van der Waals surface area contributed by atoms with Gasteiger partial charge in [-0.25, -0.2) is 4.79 Å². The highest BCUT2D eigenvalue weighted by molar-refractivity contribution is 5.83. The summed E-state index contributed by atoms with van der Waals surface area (Å²) in [6.45, 7) is 1.49. The molecule has 0 N–H and O–H groups in total. The van der Waals surface area contributed by atoms with Crippen LogP contribution in [0.2, 0.25) is 0 Å². The van der Waals surface area contributed by atoms with Gasteiger partial charge in [-0.1, -0.05) is 12.1 Å². The van der Waals surface area contributed by atoms with Crippen LogP contribution in [0.15, 0.2) is 30.5 Å². The number of urea groups is 1. The van der Waals surface area contributed by atoms with E-state index in [1.807, 2.05) is 30.1 Å². The third kappa shape index (κ3) is 1.30. The summed E-state index contributed by atoms with van der Waals surface area (Å²) in [5.74, 6) is 0. The van der Waals surface area contributed by atoms with Crippen molar-refractivity contribution in [3.05, 3.63) is 36.2 Å². The molecular formula is C12H13N3O. The van der Waals surface area contributed by atoms with Crippen LogP contribution in [0, 0.1) is 0 Å². The molecule has 1 unspecified atom stereocenters. The van der Waals surface area contributed by atoms with Gasteiger partial charge in [-0.05, 0) is 17.7 Å². The van der Waals surface area contributed by atoms with E-state index in [9.17, 15) is 4.79 Å². The molecule has 2 aliphatic rings. The molecule has 16 heavy (non-hydrogen) atoms. The van der Waals surface area contributed by atoms with E-state index in [1.165, 1.54) is 0 Å². The van der Waals surface area contributed by atoms with E-state index in [0.717, 1.165) is 17.8 Å². The maximum absolute atomic E-state index is 11.8. The second-order valence-corrected chi connectivity index (χ2v) is 4.25. The van der Waals surface area contributed by atoms with Crippen LogP contribution in [0.3, 0.4) is 0 Å². The van der Waals surface area contributed by atoms with Crippen LogP contribution >= 0.6 is 0 Å². The van der Waals surface area contributed by atoms with Gasteiger partial charge in [-0.15, -0.1) is 0 Å². The number of nitrogens with zero attached hydrogens (tertiary/aromatic N) is 3. The molecule has 2 amide bonds. The molecular weight excluding hydrogens is 202 g/mol. The first kappa shape index (κ1) is 9.39. The lowest BCUT2D eigenvalue weighted by atomic mass is 10.0. The normalized spacial score (nSPS) is 23.7. The SMILES string of the molecule is CN1C(=O)N2CC(c3ccccn3)=CC1C2. The van der Waals surface area contributed by atoms with Gasteiger partial charge in [0.15, 0.2) is 0 Å². The average Bonchev–Trinajstić information content (AvgIpc) is 2.54. The van der Waals surface area contributed by atoms with Crippen LogP contribution in [0.4, 0.5) is 4.79 Å². The lowest BCUT2D eigenvalue weighted by Crippen LogP contribution is -2.30. The highest BCUT2D eigenvalue weighted by atomic mass is 16.2. The number of aromatic nitrogens is 1. The molecule has 3 rings (SSSR count). The van der Waals surface area contributed by atoms with Crippen molar-refractivity contribution in [2.24, 2.45) is 0 Å². The largest absolute Gasteiger partial charge is 0.320 e.